The van der Waals surface area contributed by atoms with E-state index in [-0.39, 0.29) is 5.91 Å². The second-order valence-corrected chi connectivity index (χ2v) is 7.04. The molecule has 1 unspecified atom stereocenters. The van der Waals surface area contributed by atoms with Gasteiger partial charge in [0.15, 0.2) is 11.3 Å². The van der Waals surface area contributed by atoms with Gasteiger partial charge >= 0.3 is 5.97 Å². The number of amides is 1. The van der Waals surface area contributed by atoms with Crippen molar-refractivity contribution >= 4 is 52.2 Å². The Morgan fingerprint density at radius 3 is 2.81 bits per heavy atom. The maximum absolute atomic E-state index is 12.2. The van der Waals surface area contributed by atoms with Crippen LogP contribution in [-0.2, 0) is 9.59 Å². The monoisotopic (exact) mass is 402 g/mol. The summed E-state index contributed by atoms with van der Waals surface area (Å²) in [4.78, 5) is 27.9. The first kappa shape index (κ1) is 19.0. The second kappa shape index (κ2) is 8.28. The molecule has 1 amide bonds. The van der Waals surface area contributed by atoms with Crippen molar-refractivity contribution in [3.63, 3.8) is 0 Å². The van der Waals surface area contributed by atoms with Gasteiger partial charge in [-0.1, -0.05) is 35.9 Å². The zero-order chi connectivity index (χ0) is 19.4. The number of nitrogens with one attached hydrogen (secondary N) is 1. The Morgan fingerprint density at radius 1 is 1.30 bits per heavy atom. The van der Waals surface area contributed by atoms with E-state index in [1.54, 1.807) is 48.5 Å². The van der Waals surface area contributed by atoms with Crippen LogP contribution in [0.2, 0.25) is 5.02 Å². The predicted octanol–water partition coefficient (Wildman–Crippen LogP) is 4.08. The van der Waals surface area contributed by atoms with Crippen molar-refractivity contribution in [3.05, 3.63) is 64.0 Å². The number of carbonyl (C=O) groups excluding carboxylic acids is 1. The number of amidine groups is 1. The molecule has 0 spiro atoms. The predicted molar refractivity (Wildman–Crippen MR) is 106 cm³/mol. The summed E-state index contributed by atoms with van der Waals surface area (Å²) >= 11 is 7.29. The Kier molecular flexibility index (Phi) is 5.83. The van der Waals surface area contributed by atoms with E-state index in [1.165, 1.54) is 18.7 Å². The summed E-state index contributed by atoms with van der Waals surface area (Å²) < 4.78 is 5.35. The van der Waals surface area contributed by atoms with Crippen molar-refractivity contribution in [1.29, 1.82) is 0 Å². The number of aliphatic carboxylic acids is 1. The summed E-state index contributed by atoms with van der Waals surface area (Å²) in [6, 6.07) is 14.0. The molecule has 0 saturated carbocycles. The number of hydrogen-bond acceptors (Lipinski definition) is 5. The molecule has 1 aliphatic rings. The molecule has 138 valence electrons. The molecule has 1 atom stereocenters. The number of carboxylic acids is 1. The van der Waals surface area contributed by atoms with Crippen LogP contribution in [0.1, 0.15) is 12.5 Å². The highest BCUT2D eigenvalue weighted by molar-refractivity contribution is 8.18. The lowest BCUT2D eigenvalue weighted by Gasteiger charge is -2.10. The number of hydrogen-bond donors (Lipinski definition) is 2. The van der Waals surface area contributed by atoms with E-state index in [2.05, 4.69) is 10.3 Å². The summed E-state index contributed by atoms with van der Waals surface area (Å²) in [6.45, 7) is 1.45. The van der Waals surface area contributed by atoms with E-state index in [1.807, 2.05) is 6.07 Å². The SMILES string of the molecule is CC(Oc1cccc(/C=C2/SC(=Nc3ccccc3Cl)NC2=O)c1)C(=O)O. The van der Waals surface area contributed by atoms with Crippen molar-refractivity contribution in [3.8, 4) is 5.75 Å². The Bertz CT molecular complexity index is 958. The molecule has 2 aromatic rings. The first-order valence-corrected chi connectivity index (χ1v) is 9.15. The average Bonchev–Trinajstić information content (AvgIpc) is 2.96. The fourth-order valence-electron chi connectivity index (χ4n) is 2.22. The van der Waals surface area contributed by atoms with E-state index in [0.29, 0.717) is 32.1 Å². The summed E-state index contributed by atoms with van der Waals surface area (Å²) in [5.41, 5.74) is 1.28. The van der Waals surface area contributed by atoms with Crippen molar-refractivity contribution in [1.82, 2.24) is 5.32 Å². The molecule has 27 heavy (non-hydrogen) atoms. The maximum atomic E-state index is 12.2. The van der Waals surface area contributed by atoms with Gasteiger partial charge in [0.05, 0.1) is 15.6 Å². The van der Waals surface area contributed by atoms with Crippen molar-refractivity contribution in [2.75, 3.05) is 0 Å². The Hall–Kier alpha value is -2.77. The number of rotatable bonds is 5. The highest BCUT2D eigenvalue weighted by atomic mass is 35.5. The highest BCUT2D eigenvalue weighted by Crippen LogP contribution is 2.31. The number of thioether (sulfide) groups is 1. The lowest BCUT2D eigenvalue weighted by Crippen LogP contribution is -2.22. The first-order valence-electron chi connectivity index (χ1n) is 7.96. The quantitative estimate of drug-likeness (QED) is 0.735. The van der Waals surface area contributed by atoms with Crippen LogP contribution in [0.15, 0.2) is 58.4 Å². The minimum atomic E-state index is -1.05. The molecular formula is C19H15ClN2O4S. The van der Waals surface area contributed by atoms with Gasteiger partial charge in [0.1, 0.15) is 5.75 Å². The number of nitrogens with zero attached hydrogens (tertiary/aromatic N) is 1. The molecular weight excluding hydrogens is 388 g/mol. The van der Waals surface area contributed by atoms with Gasteiger partial charge in [0.25, 0.3) is 5.91 Å². The minimum absolute atomic E-state index is 0.268. The minimum Gasteiger partial charge on any atom is -0.479 e. The van der Waals surface area contributed by atoms with Crippen molar-refractivity contribution in [2.24, 2.45) is 4.99 Å². The van der Waals surface area contributed by atoms with Gasteiger partial charge < -0.3 is 15.2 Å². The van der Waals surface area contributed by atoms with Crippen LogP contribution in [0.3, 0.4) is 0 Å². The molecule has 0 aliphatic carbocycles. The summed E-state index contributed by atoms with van der Waals surface area (Å²) in [7, 11) is 0. The van der Waals surface area contributed by atoms with Crippen LogP contribution in [-0.4, -0.2) is 28.3 Å². The van der Waals surface area contributed by atoms with Gasteiger partial charge in [-0.15, -0.1) is 0 Å². The number of benzene rings is 2. The van der Waals surface area contributed by atoms with E-state index >= 15 is 0 Å². The van der Waals surface area contributed by atoms with Crippen LogP contribution in [0.5, 0.6) is 5.75 Å². The van der Waals surface area contributed by atoms with Crippen molar-refractivity contribution < 1.29 is 19.4 Å². The summed E-state index contributed by atoms with van der Waals surface area (Å²) in [5, 5.41) is 12.6. The van der Waals surface area contributed by atoms with Gasteiger partial charge in [-0.05, 0) is 54.6 Å². The summed E-state index contributed by atoms with van der Waals surface area (Å²) in [5.74, 6) is -0.909. The average molecular weight is 403 g/mol. The fourth-order valence-corrected chi connectivity index (χ4v) is 3.23. The zero-order valence-corrected chi connectivity index (χ0v) is 15.8. The Labute approximate surface area is 164 Å². The zero-order valence-electron chi connectivity index (χ0n) is 14.2. The van der Waals surface area contributed by atoms with Crippen LogP contribution in [0.25, 0.3) is 6.08 Å². The van der Waals surface area contributed by atoms with Gasteiger partial charge in [-0.2, -0.15) is 0 Å². The second-order valence-electron chi connectivity index (χ2n) is 5.60. The van der Waals surface area contributed by atoms with Gasteiger partial charge in [-0.25, -0.2) is 9.79 Å². The number of aliphatic imine (C=N–C) groups is 1. The van der Waals surface area contributed by atoms with Crippen LogP contribution < -0.4 is 10.1 Å². The topological polar surface area (TPSA) is 88.0 Å². The van der Waals surface area contributed by atoms with E-state index in [9.17, 15) is 9.59 Å². The normalized spacial score (nSPS) is 17.8. The Balaban J connectivity index is 1.79. The molecule has 1 saturated heterocycles. The highest BCUT2D eigenvalue weighted by Gasteiger charge is 2.24. The molecule has 0 bridgehead atoms. The maximum Gasteiger partial charge on any atom is 0.344 e. The molecule has 6 nitrogen and oxygen atoms in total. The van der Waals surface area contributed by atoms with Crippen molar-refractivity contribution in [2.45, 2.75) is 13.0 Å². The smallest absolute Gasteiger partial charge is 0.344 e. The summed E-state index contributed by atoms with van der Waals surface area (Å²) in [6.07, 6.45) is 0.722. The van der Waals surface area contributed by atoms with Crippen LogP contribution >= 0.6 is 23.4 Å². The molecule has 1 heterocycles. The lowest BCUT2D eigenvalue weighted by atomic mass is 10.2. The molecule has 1 aliphatic heterocycles. The first-order chi connectivity index (χ1) is 12.9. The van der Waals surface area contributed by atoms with Gasteiger partial charge in [0, 0.05) is 0 Å². The number of halogens is 1. The third-order valence-electron chi connectivity index (χ3n) is 3.54. The number of carbonyl (C=O) groups is 2. The fraction of sp³-hybridized carbons (Fsp3) is 0.105. The molecule has 0 radical (unpaired) electrons. The number of carboxylic acid groups (broad SMARTS) is 1. The van der Waals surface area contributed by atoms with E-state index in [0.717, 1.165) is 0 Å². The third-order valence-corrected chi connectivity index (χ3v) is 4.77. The van der Waals surface area contributed by atoms with Crippen LogP contribution in [0.4, 0.5) is 5.69 Å². The largest absolute Gasteiger partial charge is 0.479 e. The van der Waals surface area contributed by atoms with Crippen LogP contribution in [0, 0.1) is 0 Å². The molecule has 2 aromatic carbocycles. The third kappa shape index (κ3) is 4.90. The van der Waals surface area contributed by atoms with E-state index in [4.69, 9.17) is 21.4 Å². The van der Waals surface area contributed by atoms with E-state index < -0.39 is 12.1 Å². The van der Waals surface area contributed by atoms with Gasteiger partial charge in [-0.3, -0.25) is 4.79 Å². The number of para-hydroxylation sites is 1. The molecule has 8 heteroatoms. The van der Waals surface area contributed by atoms with Gasteiger partial charge in [0.2, 0.25) is 0 Å². The standard InChI is InChI=1S/C19H15ClN2O4S/c1-11(18(24)25)26-13-6-4-5-12(9-13)10-16-17(23)22-19(27-16)21-15-8-3-2-7-14(15)20/h2-11H,1H3,(H,24,25)(H,21,22,23)/b16-10+. The Morgan fingerprint density at radius 2 is 2.07 bits per heavy atom. The molecule has 3 rings (SSSR count). The molecule has 1 fully saturated rings. The molecule has 2 N–H and O–H groups in total. The lowest BCUT2D eigenvalue weighted by molar-refractivity contribution is -0.144. The molecule has 0 aromatic heterocycles. The number of ether oxygens (including phenoxy) is 1.